The number of likely N-dealkylation sites (N-methyl/N-ethyl adjacent to an activating group) is 1. The topological polar surface area (TPSA) is 123 Å². The summed E-state index contributed by atoms with van der Waals surface area (Å²) in [6, 6.07) is 5.29. The number of aromatic amines is 1. The van der Waals surface area contributed by atoms with Gasteiger partial charge in [-0.25, -0.2) is 9.78 Å². The first kappa shape index (κ1) is 23.6. The standard InChI is InChI=1S/C23H30N6O5/c1-4-6-9-29-21-20(22(31)26-23(29)32)27(3)18(25-21)13-28(5-2)14-19(30)24-15-7-8-16-17(12-15)34-11-10-33-16/h7-8,12H,4-6,9-11,13-14H2,1-3H3,(H,24,30)(H,26,31,32). The van der Waals surface area contributed by atoms with E-state index >= 15 is 0 Å². The second kappa shape index (κ2) is 10.1. The zero-order valence-electron chi connectivity index (χ0n) is 19.7. The summed E-state index contributed by atoms with van der Waals surface area (Å²) in [5.41, 5.74) is 0.425. The second-order valence-electron chi connectivity index (χ2n) is 8.23. The van der Waals surface area contributed by atoms with E-state index in [2.05, 4.69) is 15.3 Å². The fraction of sp³-hybridized carbons (Fsp3) is 0.478. The van der Waals surface area contributed by atoms with Gasteiger partial charge in [-0.05, 0) is 25.1 Å². The fourth-order valence-corrected chi connectivity index (χ4v) is 3.96. The van der Waals surface area contributed by atoms with Crippen LogP contribution in [-0.2, 0) is 24.9 Å². The molecule has 0 spiro atoms. The smallest absolute Gasteiger partial charge is 0.330 e. The maximum absolute atomic E-state index is 12.7. The van der Waals surface area contributed by atoms with Gasteiger partial charge in [0.1, 0.15) is 19.0 Å². The molecule has 34 heavy (non-hydrogen) atoms. The highest BCUT2D eigenvalue weighted by Crippen LogP contribution is 2.32. The Morgan fingerprint density at radius 3 is 2.71 bits per heavy atom. The first-order valence-corrected chi connectivity index (χ1v) is 11.5. The second-order valence-corrected chi connectivity index (χ2v) is 8.23. The highest BCUT2D eigenvalue weighted by atomic mass is 16.6. The van der Waals surface area contributed by atoms with Crippen molar-refractivity contribution in [3.63, 3.8) is 0 Å². The summed E-state index contributed by atoms with van der Waals surface area (Å²) in [6.07, 6.45) is 1.71. The normalized spacial score (nSPS) is 12.9. The van der Waals surface area contributed by atoms with Crippen molar-refractivity contribution in [2.75, 3.05) is 31.6 Å². The number of H-pyrrole nitrogens is 1. The largest absolute Gasteiger partial charge is 0.486 e. The summed E-state index contributed by atoms with van der Waals surface area (Å²) in [5.74, 6) is 1.68. The van der Waals surface area contributed by atoms with Crippen LogP contribution in [0.3, 0.4) is 0 Å². The highest BCUT2D eigenvalue weighted by molar-refractivity contribution is 5.92. The zero-order chi connectivity index (χ0) is 24.2. The number of nitrogens with one attached hydrogen (secondary N) is 2. The van der Waals surface area contributed by atoms with Gasteiger partial charge in [-0.3, -0.25) is 24.0 Å². The number of imidazole rings is 1. The van der Waals surface area contributed by atoms with Gasteiger partial charge in [0.15, 0.2) is 22.7 Å². The molecule has 0 aliphatic carbocycles. The maximum atomic E-state index is 12.7. The van der Waals surface area contributed by atoms with Gasteiger partial charge in [0.25, 0.3) is 5.56 Å². The molecule has 1 aliphatic rings. The average Bonchev–Trinajstić information content (AvgIpc) is 3.14. The molecule has 0 radical (unpaired) electrons. The van der Waals surface area contributed by atoms with Crippen molar-refractivity contribution in [2.45, 2.75) is 39.8 Å². The van der Waals surface area contributed by atoms with Crippen molar-refractivity contribution in [1.29, 1.82) is 0 Å². The molecular formula is C23H30N6O5. The Hall–Kier alpha value is -3.60. The number of hydrogen-bond donors (Lipinski definition) is 2. The van der Waals surface area contributed by atoms with E-state index in [0.29, 0.717) is 67.0 Å². The maximum Gasteiger partial charge on any atom is 0.330 e. The molecule has 2 aromatic heterocycles. The molecule has 1 aromatic carbocycles. The van der Waals surface area contributed by atoms with Crippen LogP contribution in [0.15, 0.2) is 27.8 Å². The van der Waals surface area contributed by atoms with Crippen molar-refractivity contribution < 1.29 is 14.3 Å². The molecule has 0 unspecified atom stereocenters. The SMILES string of the molecule is CCCCn1c(=O)[nH]c(=O)c2c1nc(CN(CC)CC(=O)Nc1ccc3c(c1)OCCO3)n2C. The number of carbonyl (C=O) groups excluding carboxylic acids is 1. The molecule has 4 rings (SSSR count). The Balaban J connectivity index is 1.50. The molecule has 11 nitrogen and oxygen atoms in total. The Morgan fingerprint density at radius 1 is 1.21 bits per heavy atom. The zero-order valence-corrected chi connectivity index (χ0v) is 19.7. The predicted molar refractivity (Wildman–Crippen MR) is 128 cm³/mol. The van der Waals surface area contributed by atoms with E-state index in [1.54, 1.807) is 29.8 Å². The molecule has 1 amide bonds. The van der Waals surface area contributed by atoms with Crippen molar-refractivity contribution in [3.05, 3.63) is 44.9 Å². The van der Waals surface area contributed by atoms with Gasteiger partial charge in [-0.15, -0.1) is 0 Å². The Kier molecular flexibility index (Phi) is 7.01. The van der Waals surface area contributed by atoms with Crippen LogP contribution in [-0.4, -0.2) is 56.2 Å². The molecule has 0 saturated heterocycles. The Labute approximate surface area is 196 Å². The van der Waals surface area contributed by atoms with Crippen molar-refractivity contribution in [3.8, 4) is 11.5 Å². The Morgan fingerprint density at radius 2 is 1.97 bits per heavy atom. The van der Waals surface area contributed by atoms with Gasteiger partial charge in [-0.2, -0.15) is 0 Å². The minimum atomic E-state index is -0.464. The van der Waals surface area contributed by atoms with E-state index in [-0.39, 0.29) is 12.5 Å². The number of unbranched alkanes of at least 4 members (excludes halogenated alkanes) is 1. The number of amides is 1. The van der Waals surface area contributed by atoms with E-state index < -0.39 is 11.2 Å². The first-order chi connectivity index (χ1) is 16.4. The molecule has 0 saturated carbocycles. The van der Waals surface area contributed by atoms with Gasteiger partial charge in [0.2, 0.25) is 5.91 Å². The summed E-state index contributed by atoms with van der Waals surface area (Å²) in [5, 5.41) is 2.89. The van der Waals surface area contributed by atoms with Crippen LogP contribution < -0.4 is 26.0 Å². The van der Waals surface area contributed by atoms with Crippen molar-refractivity contribution in [2.24, 2.45) is 7.05 Å². The van der Waals surface area contributed by atoms with Crippen LogP contribution in [0, 0.1) is 0 Å². The van der Waals surface area contributed by atoms with Crippen LogP contribution in [0.1, 0.15) is 32.5 Å². The number of hydrogen-bond acceptors (Lipinski definition) is 7. The number of rotatable bonds is 9. The summed E-state index contributed by atoms with van der Waals surface area (Å²) in [4.78, 5) is 46.5. The third kappa shape index (κ3) is 4.84. The van der Waals surface area contributed by atoms with Crippen molar-refractivity contribution >= 4 is 22.8 Å². The molecule has 0 bridgehead atoms. The lowest BCUT2D eigenvalue weighted by Gasteiger charge is -2.21. The highest BCUT2D eigenvalue weighted by Gasteiger charge is 2.19. The molecule has 0 fully saturated rings. The molecule has 3 aromatic rings. The number of fused-ring (bicyclic) bond motifs is 2. The molecule has 182 valence electrons. The minimum Gasteiger partial charge on any atom is -0.486 e. The summed E-state index contributed by atoms with van der Waals surface area (Å²) in [7, 11) is 1.75. The van der Waals surface area contributed by atoms with Gasteiger partial charge in [0.05, 0.1) is 13.1 Å². The van der Waals surface area contributed by atoms with E-state index in [0.717, 1.165) is 12.8 Å². The number of carbonyl (C=O) groups is 1. The van der Waals surface area contributed by atoms with Gasteiger partial charge in [-0.1, -0.05) is 20.3 Å². The molecular weight excluding hydrogens is 440 g/mol. The van der Waals surface area contributed by atoms with Crippen LogP contribution >= 0.6 is 0 Å². The van der Waals surface area contributed by atoms with Crippen LogP contribution in [0.25, 0.3) is 11.2 Å². The van der Waals surface area contributed by atoms with Crippen molar-refractivity contribution in [1.82, 2.24) is 24.0 Å². The van der Waals surface area contributed by atoms with E-state index in [1.165, 1.54) is 4.57 Å². The molecule has 1 aliphatic heterocycles. The number of nitrogens with zero attached hydrogens (tertiary/aromatic N) is 4. The number of aromatic nitrogens is 4. The van der Waals surface area contributed by atoms with Gasteiger partial charge in [0, 0.05) is 25.3 Å². The van der Waals surface area contributed by atoms with Crippen LogP contribution in [0.4, 0.5) is 5.69 Å². The predicted octanol–water partition coefficient (Wildman–Crippen LogP) is 1.46. The number of ether oxygens (including phenoxy) is 2. The summed E-state index contributed by atoms with van der Waals surface area (Å²) >= 11 is 0. The number of anilines is 1. The molecule has 11 heteroatoms. The summed E-state index contributed by atoms with van der Waals surface area (Å²) in [6.45, 7) is 6.51. The number of benzene rings is 1. The quantitative estimate of drug-likeness (QED) is 0.485. The van der Waals surface area contributed by atoms with E-state index in [1.807, 2.05) is 18.7 Å². The fourth-order valence-electron chi connectivity index (χ4n) is 3.96. The van der Waals surface area contributed by atoms with Crippen LogP contribution in [0.2, 0.25) is 0 Å². The first-order valence-electron chi connectivity index (χ1n) is 11.5. The lowest BCUT2D eigenvalue weighted by Crippen LogP contribution is -2.33. The van der Waals surface area contributed by atoms with E-state index in [9.17, 15) is 14.4 Å². The lowest BCUT2D eigenvalue weighted by molar-refractivity contribution is -0.117. The van der Waals surface area contributed by atoms with Gasteiger partial charge >= 0.3 is 5.69 Å². The molecule has 2 N–H and O–H groups in total. The summed E-state index contributed by atoms with van der Waals surface area (Å²) < 4.78 is 14.3. The van der Waals surface area contributed by atoms with Gasteiger partial charge < -0.3 is 19.4 Å². The minimum absolute atomic E-state index is 0.132. The lowest BCUT2D eigenvalue weighted by atomic mass is 10.2. The number of aryl methyl sites for hydroxylation is 2. The molecule has 0 atom stereocenters. The average molecular weight is 471 g/mol. The third-order valence-corrected chi connectivity index (χ3v) is 5.85. The third-order valence-electron chi connectivity index (χ3n) is 5.85. The monoisotopic (exact) mass is 470 g/mol. The Bertz CT molecular complexity index is 1310. The molecule has 3 heterocycles. The van der Waals surface area contributed by atoms with Crippen LogP contribution in [0.5, 0.6) is 11.5 Å². The van der Waals surface area contributed by atoms with E-state index in [4.69, 9.17) is 9.47 Å².